The molecule has 0 bridgehead atoms. The van der Waals surface area contributed by atoms with Crippen molar-refractivity contribution >= 4 is 11.7 Å². The normalized spacial score (nSPS) is 16.6. The van der Waals surface area contributed by atoms with Crippen LogP contribution < -0.4 is 20.4 Å². The van der Waals surface area contributed by atoms with Crippen LogP contribution in [-0.2, 0) is 0 Å². The van der Waals surface area contributed by atoms with Crippen LogP contribution in [0.3, 0.4) is 0 Å². The number of carbonyl (C=O) groups excluding carboxylic acids is 1. The van der Waals surface area contributed by atoms with Crippen molar-refractivity contribution in [2.24, 2.45) is 0 Å². The van der Waals surface area contributed by atoms with Crippen LogP contribution >= 0.6 is 0 Å². The van der Waals surface area contributed by atoms with Gasteiger partial charge in [-0.25, -0.2) is 9.59 Å². The molecule has 7 heteroatoms. The zero-order valence-electron chi connectivity index (χ0n) is 14.2. The minimum atomic E-state index is -0.446. The van der Waals surface area contributed by atoms with Gasteiger partial charge in [-0.3, -0.25) is 0 Å². The summed E-state index contributed by atoms with van der Waals surface area (Å²) in [6.07, 6.45) is 0.531. The summed E-state index contributed by atoms with van der Waals surface area (Å²) < 4.78 is 15.9. The predicted octanol–water partition coefficient (Wildman–Crippen LogP) is 2.64. The fourth-order valence-corrected chi connectivity index (χ4v) is 2.79. The van der Waals surface area contributed by atoms with E-state index in [1.54, 1.807) is 37.1 Å². The molecule has 2 amide bonds. The Morgan fingerprint density at radius 1 is 1.32 bits per heavy atom. The Labute approximate surface area is 145 Å². The summed E-state index contributed by atoms with van der Waals surface area (Å²) in [5, 5.41) is 2.85. The number of rotatable bonds is 4. The number of amides is 2. The Morgan fingerprint density at radius 3 is 2.88 bits per heavy atom. The van der Waals surface area contributed by atoms with E-state index >= 15 is 0 Å². The Hall–Kier alpha value is -2.96. The van der Waals surface area contributed by atoms with E-state index in [2.05, 4.69) is 5.32 Å². The van der Waals surface area contributed by atoms with E-state index in [-0.39, 0.29) is 12.1 Å². The third kappa shape index (κ3) is 4.12. The predicted molar refractivity (Wildman–Crippen MR) is 92.3 cm³/mol. The van der Waals surface area contributed by atoms with Gasteiger partial charge in [0.15, 0.2) is 0 Å². The lowest BCUT2D eigenvalue weighted by Crippen LogP contribution is -2.34. The van der Waals surface area contributed by atoms with Gasteiger partial charge in [-0.1, -0.05) is 12.1 Å². The number of benzene rings is 1. The highest BCUT2D eigenvalue weighted by Gasteiger charge is 2.28. The lowest BCUT2D eigenvalue weighted by Gasteiger charge is -2.19. The SMILES string of the molecule is COc1ccccc1NC(=O)N1CC[C@H](Oc2cc(C)oc(=O)c2)C1. The number of aryl methyl sites for hydroxylation is 1. The first-order valence-corrected chi connectivity index (χ1v) is 8.02. The van der Waals surface area contributed by atoms with Gasteiger partial charge >= 0.3 is 11.7 Å². The number of ether oxygens (including phenoxy) is 2. The minimum absolute atomic E-state index is 0.162. The van der Waals surface area contributed by atoms with Crippen LogP contribution in [0.15, 0.2) is 45.6 Å². The van der Waals surface area contributed by atoms with Gasteiger partial charge in [0.1, 0.15) is 23.4 Å². The number of para-hydroxylation sites is 2. The molecule has 1 aliphatic heterocycles. The van der Waals surface area contributed by atoms with Crippen molar-refractivity contribution in [1.82, 2.24) is 4.90 Å². The van der Waals surface area contributed by atoms with E-state index in [0.717, 1.165) is 0 Å². The number of anilines is 1. The Bertz CT molecular complexity index is 817. The topological polar surface area (TPSA) is 81.0 Å². The molecule has 1 N–H and O–H groups in total. The lowest BCUT2D eigenvalue weighted by atomic mass is 10.3. The minimum Gasteiger partial charge on any atom is -0.495 e. The van der Waals surface area contributed by atoms with Gasteiger partial charge in [-0.05, 0) is 19.1 Å². The van der Waals surface area contributed by atoms with Gasteiger partial charge < -0.3 is 24.1 Å². The van der Waals surface area contributed by atoms with E-state index < -0.39 is 5.63 Å². The van der Waals surface area contributed by atoms with Crippen LogP contribution in [-0.4, -0.2) is 37.2 Å². The highest BCUT2D eigenvalue weighted by Crippen LogP contribution is 2.24. The Balaban J connectivity index is 1.60. The van der Waals surface area contributed by atoms with Gasteiger partial charge in [-0.15, -0.1) is 0 Å². The number of carbonyl (C=O) groups is 1. The molecule has 0 saturated carbocycles. The second-order valence-electron chi connectivity index (χ2n) is 5.83. The number of hydrogen-bond donors (Lipinski definition) is 1. The molecule has 0 aliphatic carbocycles. The summed E-state index contributed by atoms with van der Waals surface area (Å²) in [4.78, 5) is 25.5. The van der Waals surface area contributed by atoms with Crippen molar-refractivity contribution in [3.05, 3.63) is 52.6 Å². The molecule has 1 atom stereocenters. The van der Waals surface area contributed by atoms with Crippen molar-refractivity contribution < 1.29 is 18.7 Å². The van der Waals surface area contributed by atoms with Crippen LogP contribution in [0.25, 0.3) is 0 Å². The van der Waals surface area contributed by atoms with Gasteiger partial charge in [0.05, 0.1) is 25.4 Å². The zero-order valence-corrected chi connectivity index (χ0v) is 14.2. The molecule has 0 unspecified atom stereocenters. The smallest absolute Gasteiger partial charge is 0.339 e. The summed E-state index contributed by atoms with van der Waals surface area (Å²) >= 11 is 0. The third-order valence-electron chi connectivity index (χ3n) is 3.95. The number of nitrogens with zero attached hydrogens (tertiary/aromatic N) is 1. The Kier molecular flexibility index (Phi) is 4.92. The van der Waals surface area contributed by atoms with Crippen molar-refractivity contribution in [1.29, 1.82) is 0 Å². The first-order valence-electron chi connectivity index (χ1n) is 8.02. The second-order valence-corrected chi connectivity index (χ2v) is 5.83. The van der Waals surface area contributed by atoms with Crippen LogP contribution in [0.2, 0.25) is 0 Å². The number of hydrogen-bond acceptors (Lipinski definition) is 5. The Morgan fingerprint density at radius 2 is 2.12 bits per heavy atom. The summed E-state index contributed by atoms with van der Waals surface area (Å²) in [7, 11) is 1.56. The highest BCUT2D eigenvalue weighted by molar-refractivity contribution is 5.91. The molecule has 1 aromatic carbocycles. The fraction of sp³-hybridized carbons (Fsp3) is 0.333. The number of methoxy groups -OCH3 is 1. The maximum Gasteiger partial charge on any atom is 0.339 e. The van der Waals surface area contributed by atoms with E-state index in [9.17, 15) is 9.59 Å². The van der Waals surface area contributed by atoms with Gasteiger partial charge in [0, 0.05) is 19.0 Å². The van der Waals surface area contributed by atoms with E-state index in [1.165, 1.54) is 6.07 Å². The quantitative estimate of drug-likeness (QED) is 0.922. The summed E-state index contributed by atoms with van der Waals surface area (Å²) in [6, 6.07) is 10.0. The molecule has 1 fully saturated rings. The van der Waals surface area contributed by atoms with E-state index in [0.29, 0.717) is 42.5 Å². The summed E-state index contributed by atoms with van der Waals surface area (Å²) in [5.41, 5.74) is 0.175. The first kappa shape index (κ1) is 16.9. The second kappa shape index (κ2) is 7.29. The van der Waals surface area contributed by atoms with Gasteiger partial charge in [0.2, 0.25) is 0 Å². The van der Waals surface area contributed by atoms with Crippen LogP contribution in [0.1, 0.15) is 12.2 Å². The van der Waals surface area contributed by atoms with Crippen molar-refractivity contribution in [3.8, 4) is 11.5 Å². The highest BCUT2D eigenvalue weighted by atomic mass is 16.5. The maximum absolute atomic E-state index is 12.4. The summed E-state index contributed by atoms with van der Waals surface area (Å²) in [6.45, 7) is 2.71. The molecule has 1 saturated heterocycles. The first-order chi connectivity index (χ1) is 12.0. The molecule has 1 aliphatic rings. The zero-order chi connectivity index (χ0) is 17.8. The van der Waals surface area contributed by atoms with Crippen LogP contribution in [0.5, 0.6) is 11.5 Å². The molecule has 0 radical (unpaired) electrons. The molecule has 0 spiro atoms. The number of likely N-dealkylation sites (tertiary alicyclic amines) is 1. The molecule has 25 heavy (non-hydrogen) atoms. The molecule has 132 valence electrons. The third-order valence-corrected chi connectivity index (χ3v) is 3.95. The van der Waals surface area contributed by atoms with Crippen molar-refractivity contribution in [2.75, 3.05) is 25.5 Å². The standard InChI is InChI=1S/C18H20N2O5/c1-12-9-14(10-17(21)24-12)25-13-7-8-20(11-13)18(22)19-15-5-3-4-6-16(15)23-2/h3-6,9-10,13H,7-8,11H2,1-2H3,(H,19,22)/t13-/m0/s1. The van der Waals surface area contributed by atoms with Crippen LogP contribution in [0.4, 0.5) is 10.5 Å². The number of nitrogens with one attached hydrogen (secondary N) is 1. The maximum atomic E-state index is 12.4. The molecule has 2 heterocycles. The van der Waals surface area contributed by atoms with E-state index in [1.807, 2.05) is 12.1 Å². The van der Waals surface area contributed by atoms with E-state index in [4.69, 9.17) is 13.9 Å². The molecular weight excluding hydrogens is 324 g/mol. The van der Waals surface area contributed by atoms with Crippen molar-refractivity contribution in [3.63, 3.8) is 0 Å². The van der Waals surface area contributed by atoms with Gasteiger partial charge in [0.25, 0.3) is 0 Å². The summed E-state index contributed by atoms with van der Waals surface area (Å²) in [5.74, 6) is 1.56. The molecular formula is C18H20N2O5. The molecule has 7 nitrogen and oxygen atoms in total. The van der Waals surface area contributed by atoms with Crippen molar-refractivity contribution in [2.45, 2.75) is 19.4 Å². The lowest BCUT2D eigenvalue weighted by molar-refractivity contribution is 0.193. The monoisotopic (exact) mass is 344 g/mol. The average Bonchev–Trinajstić information content (AvgIpc) is 3.03. The molecule has 2 aromatic rings. The average molecular weight is 344 g/mol. The fourth-order valence-electron chi connectivity index (χ4n) is 2.79. The molecule has 1 aromatic heterocycles. The van der Waals surface area contributed by atoms with Crippen LogP contribution in [0, 0.1) is 6.92 Å². The van der Waals surface area contributed by atoms with Gasteiger partial charge in [-0.2, -0.15) is 0 Å². The number of urea groups is 1. The molecule has 3 rings (SSSR count). The largest absolute Gasteiger partial charge is 0.495 e.